The van der Waals surface area contributed by atoms with Gasteiger partial charge in [0.25, 0.3) is 0 Å². The van der Waals surface area contributed by atoms with Gasteiger partial charge in [0.05, 0.1) is 41.9 Å². The number of pyridine rings is 1. The molecule has 43 heavy (non-hydrogen) atoms. The molecule has 228 valence electrons. The van der Waals surface area contributed by atoms with E-state index in [1.54, 1.807) is 4.90 Å². The van der Waals surface area contributed by atoms with E-state index in [1.165, 1.54) is 0 Å². The molecule has 0 radical (unpaired) electrons. The number of alkyl halides is 3. The molecule has 0 spiro atoms. The fourth-order valence-electron chi connectivity index (χ4n) is 5.78. The molecule has 2 bridgehead atoms. The van der Waals surface area contributed by atoms with Gasteiger partial charge in [-0.2, -0.15) is 28.4 Å². The topological polar surface area (TPSA) is 123 Å². The highest BCUT2D eigenvalue weighted by molar-refractivity contribution is 6.32. The molecule has 1 atom stereocenters. The highest BCUT2D eigenvalue weighted by Gasteiger charge is 2.52. The second-order valence-corrected chi connectivity index (χ2v) is 12.0. The summed E-state index contributed by atoms with van der Waals surface area (Å²) in [6.07, 6.45) is -3.12. The molecule has 5 heterocycles. The van der Waals surface area contributed by atoms with Crippen LogP contribution in [-0.2, 0) is 10.9 Å². The van der Waals surface area contributed by atoms with E-state index in [-0.39, 0.29) is 65.6 Å². The Balaban J connectivity index is 1.57. The molecule has 1 aliphatic carbocycles. The highest BCUT2D eigenvalue weighted by atomic mass is 35.5. The molecule has 4 aliphatic rings. The summed E-state index contributed by atoms with van der Waals surface area (Å²) in [5, 5.41) is 9.17. The second-order valence-electron chi connectivity index (χ2n) is 11.6. The zero-order valence-corrected chi connectivity index (χ0v) is 24.1. The highest BCUT2D eigenvalue weighted by Crippen LogP contribution is 2.50. The number of nitrogens with two attached hydrogens (primary N) is 1. The van der Waals surface area contributed by atoms with Gasteiger partial charge >= 0.3 is 12.2 Å². The molecule has 1 unspecified atom stereocenters. The van der Waals surface area contributed by atoms with Crippen LogP contribution in [0.2, 0.25) is 5.02 Å². The van der Waals surface area contributed by atoms with Gasteiger partial charge < -0.3 is 29.7 Å². The number of ether oxygens (including phenoxy) is 3. The van der Waals surface area contributed by atoms with Crippen molar-refractivity contribution in [3.05, 3.63) is 28.5 Å². The molecule has 10 nitrogen and oxygen atoms in total. The van der Waals surface area contributed by atoms with Crippen molar-refractivity contribution in [1.29, 1.82) is 5.26 Å². The van der Waals surface area contributed by atoms with Crippen LogP contribution >= 0.6 is 11.6 Å². The number of rotatable bonds is 7. The molecule has 1 aromatic carbocycles. The minimum absolute atomic E-state index is 0.0541. The lowest BCUT2D eigenvalue weighted by molar-refractivity contribution is -0.137. The van der Waals surface area contributed by atoms with E-state index in [2.05, 4.69) is 21.0 Å². The van der Waals surface area contributed by atoms with Crippen molar-refractivity contribution in [2.75, 3.05) is 64.2 Å². The van der Waals surface area contributed by atoms with E-state index in [9.17, 15) is 18.4 Å². The lowest BCUT2D eigenvalue weighted by Crippen LogP contribution is -2.39. The molecule has 2 aromatic heterocycles. The Hall–Kier alpha value is -3.67. The zero-order chi connectivity index (χ0) is 30.7. The molecule has 3 aromatic rings. The standard InChI is InChI=1S/C28H28ClF4N7O3/c1-39(2)3-4-40-10-14(9-34)11-41-25-19-23(37-26(38-24(19)40)43-13-27-7-16(8-27)42-12-27)21(30)22(36-25)17-5-15(35)6-18(29)20(17)28(31,32)33/h5-6,14,16H,3-4,7-8,10-13,35H2,1-2H3. The van der Waals surface area contributed by atoms with Crippen molar-refractivity contribution in [3.63, 3.8) is 0 Å². The van der Waals surface area contributed by atoms with Crippen LogP contribution in [-0.4, -0.2) is 79.5 Å². The van der Waals surface area contributed by atoms with Gasteiger partial charge in [0.1, 0.15) is 29.0 Å². The van der Waals surface area contributed by atoms with E-state index in [0.29, 0.717) is 19.7 Å². The molecule has 2 N–H and O–H groups in total. The lowest BCUT2D eigenvalue weighted by Gasteiger charge is -2.34. The van der Waals surface area contributed by atoms with Crippen LogP contribution < -0.4 is 20.1 Å². The van der Waals surface area contributed by atoms with E-state index in [1.807, 2.05) is 19.0 Å². The maximum Gasteiger partial charge on any atom is 0.418 e. The van der Waals surface area contributed by atoms with Gasteiger partial charge in [-0.05, 0) is 39.1 Å². The van der Waals surface area contributed by atoms with Crippen LogP contribution in [0.5, 0.6) is 11.9 Å². The number of benzene rings is 1. The summed E-state index contributed by atoms with van der Waals surface area (Å²) >= 11 is 5.98. The maximum absolute atomic E-state index is 16.5. The molecule has 7 rings (SSSR count). The predicted molar refractivity (Wildman–Crippen MR) is 149 cm³/mol. The number of likely N-dealkylation sites (N-methyl/N-ethyl adjacent to an activating group) is 1. The monoisotopic (exact) mass is 621 g/mol. The van der Waals surface area contributed by atoms with Gasteiger partial charge in [0.2, 0.25) is 5.88 Å². The fourth-order valence-corrected chi connectivity index (χ4v) is 6.11. The smallest absolute Gasteiger partial charge is 0.418 e. The first-order valence-corrected chi connectivity index (χ1v) is 14.0. The number of fused-ring (bicyclic) bond motifs is 1. The molecule has 3 aliphatic heterocycles. The number of anilines is 2. The lowest BCUT2D eigenvalue weighted by atomic mass is 9.71. The van der Waals surface area contributed by atoms with Crippen molar-refractivity contribution in [2.45, 2.75) is 25.1 Å². The minimum atomic E-state index is -4.96. The van der Waals surface area contributed by atoms with E-state index in [4.69, 9.17) is 31.5 Å². The van der Waals surface area contributed by atoms with Crippen LogP contribution in [0.25, 0.3) is 22.2 Å². The van der Waals surface area contributed by atoms with Crippen molar-refractivity contribution in [3.8, 4) is 29.2 Å². The normalized spacial score (nSPS) is 23.0. The Morgan fingerprint density at radius 3 is 2.67 bits per heavy atom. The van der Waals surface area contributed by atoms with Crippen LogP contribution in [0.1, 0.15) is 18.4 Å². The Morgan fingerprint density at radius 1 is 1.26 bits per heavy atom. The summed E-state index contributed by atoms with van der Waals surface area (Å²) in [6, 6.07) is 3.91. The largest absolute Gasteiger partial charge is 0.476 e. The summed E-state index contributed by atoms with van der Waals surface area (Å²) in [4.78, 5) is 16.9. The number of halogens is 5. The second kappa shape index (κ2) is 10.8. The summed E-state index contributed by atoms with van der Waals surface area (Å²) in [7, 11) is 3.76. The third-order valence-corrected chi connectivity index (χ3v) is 8.28. The first kappa shape index (κ1) is 29.4. The minimum Gasteiger partial charge on any atom is -0.476 e. The third-order valence-electron chi connectivity index (χ3n) is 7.98. The van der Waals surface area contributed by atoms with Crippen molar-refractivity contribution >= 4 is 34.0 Å². The summed E-state index contributed by atoms with van der Waals surface area (Å²) in [5.74, 6) is -1.84. The van der Waals surface area contributed by atoms with Crippen LogP contribution in [0.3, 0.4) is 0 Å². The molecule has 1 saturated carbocycles. The first-order valence-electron chi connectivity index (χ1n) is 13.6. The SMILES string of the molecule is CN(C)CCN1CC(C#N)COc2nc(-c3cc(N)cc(Cl)c3C(F)(F)F)c(F)c3nc(OCC45COC(C4)C5)nc1c23. The van der Waals surface area contributed by atoms with Crippen LogP contribution in [0, 0.1) is 28.5 Å². The number of nitrogens with zero attached hydrogens (tertiary/aromatic N) is 6. The Morgan fingerprint density at radius 2 is 2.02 bits per heavy atom. The van der Waals surface area contributed by atoms with Crippen LogP contribution in [0.15, 0.2) is 12.1 Å². The first-order chi connectivity index (χ1) is 20.4. The summed E-state index contributed by atoms with van der Waals surface area (Å²) < 4.78 is 76.6. The van der Waals surface area contributed by atoms with Gasteiger partial charge in [0.15, 0.2) is 5.82 Å². The number of hydrogen-bond donors (Lipinski definition) is 1. The fraction of sp³-hybridized carbons (Fsp3) is 0.500. The number of aromatic nitrogens is 3. The van der Waals surface area contributed by atoms with E-state index >= 15 is 4.39 Å². The summed E-state index contributed by atoms with van der Waals surface area (Å²) in [5.41, 5.74) is 2.49. The summed E-state index contributed by atoms with van der Waals surface area (Å²) in [6.45, 7) is 1.74. The molecule has 15 heteroatoms. The van der Waals surface area contributed by atoms with Gasteiger partial charge in [-0.15, -0.1) is 0 Å². The zero-order valence-electron chi connectivity index (χ0n) is 23.3. The molecular formula is C28H28ClF4N7O3. The van der Waals surface area contributed by atoms with Gasteiger partial charge in [-0.1, -0.05) is 11.6 Å². The van der Waals surface area contributed by atoms with Crippen molar-refractivity contribution in [1.82, 2.24) is 19.9 Å². The molecule has 2 saturated heterocycles. The average molecular weight is 622 g/mol. The van der Waals surface area contributed by atoms with Crippen molar-refractivity contribution in [2.24, 2.45) is 11.3 Å². The Kier molecular flexibility index (Phi) is 7.38. The quantitative estimate of drug-likeness (QED) is 0.297. The molecule has 0 amide bonds. The van der Waals surface area contributed by atoms with Crippen molar-refractivity contribution < 1.29 is 31.8 Å². The predicted octanol–water partition coefficient (Wildman–Crippen LogP) is 4.54. The van der Waals surface area contributed by atoms with Gasteiger partial charge in [-0.3, -0.25) is 0 Å². The molecular weight excluding hydrogens is 594 g/mol. The van der Waals surface area contributed by atoms with Gasteiger partial charge in [0, 0.05) is 36.3 Å². The number of hydrogen-bond acceptors (Lipinski definition) is 10. The third kappa shape index (κ3) is 5.45. The van der Waals surface area contributed by atoms with Crippen LogP contribution in [0.4, 0.5) is 29.1 Å². The maximum atomic E-state index is 16.5. The average Bonchev–Trinajstić information content (AvgIpc) is 3.51. The number of nitrogen functional groups attached to an aromatic ring is 1. The van der Waals surface area contributed by atoms with E-state index in [0.717, 1.165) is 25.0 Å². The molecule has 3 fully saturated rings. The number of nitriles is 1. The van der Waals surface area contributed by atoms with Gasteiger partial charge in [-0.25, -0.2) is 9.37 Å². The van der Waals surface area contributed by atoms with E-state index < -0.39 is 39.8 Å². The Bertz CT molecular complexity index is 1620. The Labute approximate surface area is 249 Å².